The van der Waals surface area contributed by atoms with Crippen LogP contribution in [0.2, 0.25) is 0 Å². The predicted octanol–water partition coefficient (Wildman–Crippen LogP) is 5.18. The molecule has 0 saturated carbocycles. The SMILES string of the molecule is CC[C@H](C)NC(=O)[C@H](C)N(Cc1ccccc1C)C(=O)CSCc1cc(C)cc(C)c1. The lowest BCUT2D eigenvalue weighted by Gasteiger charge is -2.30. The minimum Gasteiger partial charge on any atom is -0.352 e. The first-order valence-electron chi connectivity index (χ1n) is 11.0. The smallest absolute Gasteiger partial charge is 0.242 e. The van der Waals surface area contributed by atoms with Crippen LogP contribution in [0.25, 0.3) is 0 Å². The second kappa shape index (κ2) is 11.9. The first-order valence-corrected chi connectivity index (χ1v) is 12.2. The summed E-state index contributed by atoms with van der Waals surface area (Å²) in [5, 5.41) is 3.02. The second-order valence-corrected chi connectivity index (χ2v) is 9.42. The molecule has 2 rings (SSSR count). The van der Waals surface area contributed by atoms with E-state index in [2.05, 4.69) is 37.4 Å². The molecule has 2 aromatic carbocycles. The zero-order valence-corrected chi connectivity index (χ0v) is 20.5. The van der Waals surface area contributed by atoms with E-state index >= 15 is 0 Å². The lowest BCUT2D eigenvalue weighted by Crippen LogP contribution is -2.50. The van der Waals surface area contributed by atoms with Crippen molar-refractivity contribution in [2.75, 3.05) is 5.75 Å². The molecule has 0 aliphatic rings. The normalized spacial score (nSPS) is 12.8. The standard InChI is InChI=1S/C26H36N2O2S/c1-7-21(5)27-26(30)22(6)28(15-24-11-9-8-10-20(24)4)25(29)17-31-16-23-13-18(2)12-19(3)14-23/h8-14,21-22H,7,15-17H2,1-6H3,(H,27,30)/t21-,22-/m0/s1. The Labute approximate surface area is 191 Å². The van der Waals surface area contributed by atoms with Crippen molar-refractivity contribution in [2.45, 2.75) is 72.3 Å². The van der Waals surface area contributed by atoms with Crippen molar-refractivity contribution in [1.29, 1.82) is 0 Å². The number of amides is 2. The zero-order chi connectivity index (χ0) is 23.0. The molecule has 0 saturated heterocycles. The second-order valence-electron chi connectivity index (χ2n) is 8.43. The van der Waals surface area contributed by atoms with Gasteiger partial charge in [-0.25, -0.2) is 0 Å². The third kappa shape index (κ3) is 7.73. The Morgan fingerprint density at radius 2 is 1.68 bits per heavy atom. The van der Waals surface area contributed by atoms with Crippen LogP contribution in [-0.2, 0) is 21.9 Å². The molecule has 0 fully saturated rings. The van der Waals surface area contributed by atoms with E-state index in [0.29, 0.717) is 12.3 Å². The van der Waals surface area contributed by atoms with E-state index in [4.69, 9.17) is 0 Å². The molecule has 168 valence electrons. The van der Waals surface area contributed by atoms with Gasteiger partial charge < -0.3 is 10.2 Å². The average Bonchev–Trinajstić information content (AvgIpc) is 2.71. The summed E-state index contributed by atoms with van der Waals surface area (Å²) in [5.41, 5.74) is 5.89. The van der Waals surface area contributed by atoms with Gasteiger partial charge in [-0.1, -0.05) is 60.5 Å². The van der Waals surface area contributed by atoms with Crippen LogP contribution in [0.1, 0.15) is 55.0 Å². The Morgan fingerprint density at radius 3 is 2.29 bits per heavy atom. The number of hydrogen-bond donors (Lipinski definition) is 1. The van der Waals surface area contributed by atoms with Gasteiger partial charge in [-0.2, -0.15) is 0 Å². The summed E-state index contributed by atoms with van der Waals surface area (Å²) in [6.45, 7) is 12.5. The maximum Gasteiger partial charge on any atom is 0.242 e. The fourth-order valence-corrected chi connectivity index (χ4v) is 4.36. The summed E-state index contributed by atoms with van der Waals surface area (Å²) >= 11 is 1.60. The van der Waals surface area contributed by atoms with Crippen LogP contribution in [0.15, 0.2) is 42.5 Å². The summed E-state index contributed by atoms with van der Waals surface area (Å²) < 4.78 is 0. The summed E-state index contributed by atoms with van der Waals surface area (Å²) in [7, 11) is 0. The number of carbonyl (C=O) groups is 2. The maximum atomic E-state index is 13.2. The van der Waals surface area contributed by atoms with Crippen molar-refractivity contribution in [1.82, 2.24) is 10.2 Å². The molecular formula is C26H36N2O2S. The van der Waals surface area contributed by atoms with E-state index in [-0.39, 0.29) is 17.9 Å². The van der Waals surface area contributed by atoms with Gasteiger partial charge in [-0.15, -0.1) is 11.8 Å². The summed E-state index contributed by atoms with van der Waals surface area (Å²) in [5.74, 6) is 1.01. The minimum atomic E-state index is -0.525. The highest BCUT2D eigenvalue weighted by molar-refractivity contribution is 7.99. The average molecular weight is 441 g/mol. The number of benzene rings is 2. The zero-order valence-electron chi connectivity index (χ0n) is 19.7. The Hall–Kier alpha value is -2.27. The highest BCUT2D eigenvalue weighted by Gasteiger charge is 2.27. The van der Waals surface area contributed by atoms with Gasteiger partial charge in [0.15, 0.2) is 0 Å². The summed E-state index contributed by atoms with van der Waals surface area (Å²) in [6.07, 6.45) is 0.857. The van der Waals surface area contributed by atoms with Gasteiger partial charge in [0.2, 0.25) is 11.8 Å². The van der Waals surface area contributed by atoms with Gasteiger partial charge in [0.1, 0.15) is 6.04 Å². The molecule has 0 unspecified atom stereocenters. The van der Waals surface area contributed by atoms with Crippen molar-refractivity contribution in [2.24, 2.45) is 0 Å². The van der Waals surface area contributed by atoms with Gasteiger partial charge in [0.05, 0.1) is 5.75 Å². The number of hydrogen-bond acceptors (Lipinski definition) is 3. The maximum absolute atomic E-state index is 13.2. The van der Waals surface area contributed by atoms with E-state index < -0.39 is 6.04 Å². The topological polar surface area (TPSA) is 49.4 Å². The number of thioether (sulfide) groups is 1. The van der Waals surface area contributed by atoms with Crippen LogP contribution >= 0.6 is 11.8 Å². The molecule has 0 bridgehead atoms. The van der Waals surface area contributed by atoms with Crippen LogP contribution in [0.5, 0.6) is 0 Å². The minimum absolute atomic E-state index is 0.00979. The summed E-state index contributed by atoms with van der Waals surface area (Å²) in [6, 6.07) is 14.1. The molecule has 0 radical (unpaired) electrons. The lowest BCUT2D eigenvalue weighted by atomic mass is 10.1. The number of nitrogens with one attached hydrogen (secondary N) is 1. The summed E-state index contributed by atoms with van der Waals surface area (Å²) in [4.78, 5) is 27.7. The molecule has 0 aromatic heterocycles. The van der Waals surface area contributed by atoms with Crippen molar-refractivity contribution in [3.63, 3.8) is 0 Å². The highest BCUT2D eigenvalue weighted by atomic mass is 32.2. The molecule has 1 N–H and O–H groups in total. The van der Waals surface area contributed by atoms with Crippen LogP contribution in [-0.4, -0.2) is 34.6 Å². The van der Waals surface area contributed by atoms with Gasteiger partial charge in [0, 0.05) is 18.3 Å². The van der Waals surface area contributed by atoms with E-state index in [1.807, 2.05) is 52.0 Å². The molecule has 0 aliphatic carbocycles. The Bertz CT molecular complexity index is 876. The van der Waals surface area contributed by atoms with E-state index in [9.17, 15) is 9.59 Å². The van der Waals surface area contributed by atoms with Crippen molar-refractivity contribution >= 4 is 23.6 Å². The van der Waals surface area contributed by atoms with Gasteiger partial charge in [-0.3, -0.25) is 9.59 Å². The molecule has 31 heavy (non-hydrogen) atoms. The molecular weight excluding hydrogens is 404 g/mol. The Morgan fingerprint density at radius 1 is 1.03 bits per heavy atom. The van der Waals surface area contributed by atoms with Gasteiger partial charge in [0.25, 0.3) is 0 Å². The lowest BCUT2D eigenvalue weighted by molar-refractivity contribution is -0.138. The van der Waals surface area contributed by atoms with Crippen LogP contribution < -0.4 is 5.32 Å². The Balaban J connectivity index is 2.11. The molecule has 0 heterocycles. The molecule has 2 amide bonds. The van der Waals surface area contributed by atoms with Crippen molar-refractivity contribution in [3.8, 4) is 0 Å². The molecule has 0 spiro atoms. The monoisotopic (exact) mass is 440 g/mol. The molecule has 0 aliphatic heterocycles. The quantitative estimate of drug-likeness (QED) is 0.554. The third-order valence-electron chi connectivity index (χ3n) is 5.55. The van der Waals surface area contributed by atoms with Gasteiger partial charge >= 0.3 is 0 Å². The first kappa shape index (κ1) is 25.0. The fraction of sp³-hybridized carbons (Fsp3) is 0.462. The molecule has 5 heteroatoms. The third-order valence-corrected chi connectivity index (χ3v) is 6.53. The largest absolute Gasteiger partial charge is 0.352 e. The highest BCUT2D eigenvalue weighted by Crippen LogP contribution is 2.19. The number of carbonyl (C=O) groups excluding carboxylic acids is 2. The number of aryl methyl sites for hydroxylation is 3. The Kier molecular flexibility index (Phi) is 9.63. The van der Waals surface area contributed by atoms with E-state index in [1.54, 1.807) is 16.7 Å². The van der Waals surface area contributed by atoms with Crippen LogP contribution in [0, 0.1) is 20.8 Å². The molecule has 2 atom stereocenters. The van der Waals surface area contributed by atoms with Crippen molar-refractivity contribution in [3.05, 3.63) is 70.3 Å². The van der Waals surface area contributed by atoms with Crippen molar-refractivity contribution < 1.29 is 9.59 Å². The number of rotatable bonds is 10. The molecule has 4 nitrogen and oxygen atoms in total. The van der Waals surface area contributed by atoms with Crippen LogP contribution in [0.4, 0.5) is 0 Å². The van der Waals surface area contributed by atoms with E-state index in [1.165, 1.54) is 16.7 Å². The van der Waals surface area contributed by atoms with Crippen LogP contribution in [0.3, 0.4) is 0 Å². The predicted molar refractivity (Wildman–Crippen MR) is 131 cm³/mol. The number of nitrogens with zero attached hydrogens (tertiary/aromatic N) is 1. The fourth-order valence-electron chi connectivity index (χ4n) is 3.51. The molecule has 2 aromatic rings. The van der Waals surface area contributed by atoms with E-state index in [0.717, 1.165) is 23.3 Å². The van der Waals surface area contributed by atoms with Gasteiger partial charge in [-0.05, 0) is 57.7 Å². The first-order chi connectivity index (χ1) is 14.7.